The highest BCUT2D eigenvalue weighted by molar-refractivity contribution is 5.92. The van der Waals surface area contributed by atoms with E-state index in [1.165, 1.54) is 6.08 Å². The predicted molar refractivity (Wildman–Crippen MR) is 76.9 cm³/mol. The van der Waals surface area contributed by atoms with Crippen molar-refractivity contribution < 1.29 is 14.7 Å². The Morgan fingerprint density at radius 2 is 1.95 bits per heavy atom. The molecule has 0 bridgehead atoms. The molecule has 106 valence electrons. The van der Waals surface area contributed by atoms with Gasteiger partial charge < -0.3 is 16.2 Å². The smallest absolute Gasteiger partial charge is 0.305 e. The van der Waals surface area contributed by atoms with Crippen LogP contribution in [0.2, 0.25) is 0 Å². The summed E-state index contributed by atoms with van der Waals surface area (Å²) in [4.78, 5) is 22.7. The van der Waals surface area contributed by atoms with Crippen molar-refractivity contribution in [2.24, 2.45) is 0 Å². The lowest BCUT2D eigenvalue weighted by Crippen LogP contribution is -2.54. The number of nitrogens with two attached hydrogens (primary N) is 1. The van der Waals surface area contributed by atoms with Crippen molar-refractivity contribution in [3.63, 3.8) is 0 Å². The molecule has 0 saturated heterocycles. The highest BCUT2D eigenvalue weighted by Gasteiger charge is 2.39. The minimum atomic E-state index is -0.882. The topological polar surface area (TPSA) is 92.4 Å². The van der Waals surface area contributed by atoms with Crippen molar-refractivity contribution >= 4 is 23.6 Å². The molecule has 0 aromatic heterocycles. The number of rotatable bonds is 5. The van der Waals surface area contributed by atoms with E-state index in [0.717, 1.165) is 24.8 Å². The second-order valence-electron chi connectivity index (χ2n) is 5.19. The van der Waals surface area contributed by atoms with E-state index in [1.807, 2.05) is 12.1 Å². The monoisotopic (exact) mass is 274 g/mol. The van der Waals surface area contributed by atoms with Crippen molar-refractivity contribution in [3.8, 4) is 0 Å². The van der Waals surface area contributed by atoms with E-state index < -0.39 is 11.5 Å². The third-order valence-electron chi connectivity index (χ3n) is 3.55. The summed E-state index contributed by atoms with van der Waals surface area (Å²) in [6.07, 6.45) is 5.49. The van der Waals surface area contributed by atoms with Gasteiger partial charge in [0.05, 0.1) is 12.0 Å². The van der Waals surface area contributed by atoms with Crippen LogP contribution in [0.5, 0.6) is 0 Å². The van der Waals surface area contributed by atoms with E-state index in [1.54, 1.807) is 18.2 Å². The van der Waals surface area contributed by atoms with Gasteiger partial charge >= 0.3 is 5.97 Å². The van der Waals surface area contributed by atoms with E-state index in [9.17, 15) is 9.59 Å². The van der Waals surface area contributed by atoms with Crippen molar-refractivity contribution in [2.45, 2.75) is 31.2 Å². The maximum Gasteiger partial charge on any atom is 0.305 e. The van der Waals surface area contributed by atoms with E-state index in [2.05, 4.69) is 5.32 Å². The zero-order valence-corrected chi connectivity index (χ0v) is 11.1. The summed E-state index contributed by atoms with van der Waals surface area (Å²) in [5, 5.41) is 11.7. The Labute approximate surface area is 117 Å². The molecule has 1 fully saturated rings. The molecule has 4 N–H and O–H groups in total. The van der Waals surface area contributed by atoms with Gasteiger partial charge in [0.1, 0.15) is 0 Å². The third kappa shape index (κ3) is 3.60. The normalized spacial score (nSPS) is 16.6. The van der Waals surface area contributed by atoms with E-state index >= 15 is 0 Å². The average molecular weight is 274 g/mol. The molecule has 1 aromatic rings. The van der Waals surface area contributed by atoms with Crippen LogP contribution in [0.1, 0.15) is 31.2 Å². The Balaban J connectivity index is 1.94. The van der Waals surface area contributed by atoms with E-state index in [-0.39, 0.29) is 12.3 Å². The van der Waals surface area contributed by atoms with Gasteiger partial charge in [-0.3, -0.25) is 9.59 Å². The molecule has 0 unspecified atom stereocenters. The van der Waals surface area contributed by atoms with Gasteiger partial charge in [0.15, 0.2) is 0 Å². The fourth-order valence-electron chi connectivity index (χ4n) is 2.32. The number of carboxylic acids is 1. The summed E-state index contributed by atoms with van der Waals surface area (Å²) >= 11 is 0. The highest BCUT2D eigenvalue weighted by atomic mass is 16.4. The Morgan fingerprint density at radius 3 is 2.45 bits per heavy atom. The van der Waals surface area contributed by atoms with Crippen molar-refractivity contribution in [3.05, 3.63) is 35.9 Å². The fraction of sp³-hybridized carbons (Fsp3) is 0.333. The molecule has 1 aliphatic carbocycles. The average Bonchev–Trinajstić information content (AvgIpc) is 2.35. The summed E-state index contributed by atoms with van der Waals surface area (Å²) in [6, 6.07) is 7.15. The molecule has 0 spiro atoms. The maximum absolute atomic E-state index is 11.9. The molecule has 1 aliphatic rings. The maximum atomic E-state index is 11.9. The van der Waals surface area contributed by atoms with Crippen LogP contribution in [0.3, 0.4) is 0 Å². The number of carbonyl (C=O) groups is 2. The number of nitrogen functional groups attached to an aromatic ring is 1. The van der Waals surface area contributed by atoms with Gasteiger partial charge in [0, 0.05) is 11.8 Å². The van der Waals surface area contributed by atoms with E-state index in [4.69, 9.17) is 10.8 Å². The second kappa shape index (κ2) is 5.77. The van der Waals surface area contributed by atoms with Gasteiger partial charge in [-0.15, -0.1) is 0 Å². The number of hydrogen-bond acceptors (Lipinski definition) is 3. The number of carbonyl (C=O) groups excluding carboxylic acids is 1. The van der Waals surface area contributed by atoms with Crippen molar-refractivity contribution in [1.82, 2.24) is 5.32 Å². The number of benzene rings is 1. The molecule has 5 heteroatoms. The quantitative estimate of drug-likeness (QED) is 0.564. The van der Waals surface area contributed by atoms with Crippen molar-refractivity contribution in [1.29, 1.82) is 0 Å². The highest BCUT2D eigenvalue weighted by Crippen LogP contribution is 2.34. The summed E-state index contributed by atoms with van der Waals surface area (Å²) in [7, 11) is 0. The number of aliphatic carboxylic acids is 1. The van der Waals surface area contributed by atoms with Gasteiger partial charge in [0.25, 0.3) is 0 Å². The molecule has 2 rings (SSSR count). The van der Waals surface area contributed by atoms with Gasteiger partial charge in [-0.1, -0.05) is 12.1 Å². The molecule has 1 amide bonds. The molecular formula is C15H18N2O3. The number of anilines is 1. The van der Waals surface area contributed by atoms with E-state index in [0.29, 0.717) is 5.69 Å². The standard InChI is InChI=1S/C15H18N2O3/c16-12-5-2-11(3-6-12)4-7-13(18)17-15(8-1-9-15)10-14(19)20/h2-7H,1,8-10,16H2,(H,17,18)(H,19,20)/b7-4+. The molecule has 0 aliphatic heterocycles. The summed E-state index contributed by atoms with van der Waals surface area (Å²) in [6.45, 7) is 0. The Bertz CT molecular complexity index is 531. The van der Waals surface area contributed by atoms with Gasteiger partial charge in [-0.05, 0) is 43.0 Å². The van der Waals surface area contributed by atoms with Crippen LogP contribution in [-0.4, -0.2) is 22.5 Å². The Hall–Kier alpha value is -2.30. The zero-order chi connectivity index (χ0) is 14.6. The van der Waals surface area contributed by atoms with Crippen LogP contribution in [0.15, 0.2) is 30.3 Å². The van der Waals surface area contributed by atoms with Crippen LogP contribution < -0.4 is 11.1 Å². The van der Waals surface area contributed by atoms with Gasteiger partial charge in [-0.2, -0.15) is 0 Å². The molecule has 0 atom stereocenters. The molecule has 1 saturated carbocycles. The SMILES string of the molecule is Nc1ccc(/C=C/C(=O)NC2(CC(=O)O)CCC2)cc1. The first-order chi connectivity index (χ1) is 9.49. The van der Waals surface area contributed by atoms with Crippen LogP contribution in [-0.2, 0) is 9.59 Å². The number of carboxylic acid groups (broad SMARTS) is 1. The van der Waals surface area contributed by atoms with Gasteiger partial charge in [0.2, 0.25) is 5.91 Å². The van der Waals surface area contributed by atoms with Crippen LogP contribution in [0.25, 0.3) is 6.08 Å². The minimum absolute atomic E-state index is 0.0194. The predicted octanol–water partition coefficient (Wildman–Crippen LogP) is 1.80. The molecule has 0 radical (unpaired) electrons. The molecule has 0 heterocycles. The zero-order valence-electron chi connectivity index (χ0n) is 11.1. The fourth-order valence-corrected chi connectivity index (χ4v) is 2.32. The Morgan fingerprint density at radius 1 is 1.30 bits per heavy atom. The first-order valence-corrected chi connectivity index (χ1v) is 6.57. The summed E-state index contributed by atoms with van der Waals surface area (Å²) in [5.41, 5.74) is 6.56. The van der Waals surface area contributed by atoms with Crippen LogP contribution in [0, 0.1) is 0 Å². The lowest BCUT2D eigenvalue weighted by molar-refractivity contribution is -0.140. The van der Waals surface area contributed by atoms with Crippen molar-refractivity contribution in [2.75, 3.05) is 5.73 Å². The first-order valence-electron chi connectivity index (χ1n) is 6.57. The molecular weight excluding hydrogens is 256 g/mol. The van der Waals surface area contributed by atoms with Crippen LogP contribution in [0.4, 0.5) is 5.69 Å². The number of amides is 1. The largest absolute Gasteiger partial charge is 0.481 e. The summed E-state index contributed by atoms with van der Waals surface area (Å²) < 4.78 is 0. The molecule has 1 aromatic carbocycles. The third-order valence-corrected chi connectivity index (χ3v) is 3.55. The second-order valence-corrected chi connectivity index (χ2v) is 5.19. The molecule has 5 nitrogen and oxygen atoms in total. The number of nitrogens with one attached hydrogen (secondary N) is 1. The van der Waals surface area contributed by atoms with Crippen LogP contribution >= 0.6 is 0 Å². The lowest BCUT2D eigenvalue weighted by atomic mass is 9.74. The van der Waals surface area contributed by atoms with Gasteiger partial charge in [-0.25, -0.2) is 0 Å². The lowest BCUT2D eigenvalue weighted by Gasteiger charge is -2.41. The summed E-state index contributed by atoms with van der Waals surface area (Å²) in [5.74, 6) is -1.14. The Kier molecular flexibility index (Phi) is 4.08. The first kappa shape index (κ1) is 14.1. The molecule has 20 heavy (non-hydrogen) atoms. The number of hydrogen-bond donors (Lipinski definition) is 3. The minimum Gasteiger partial charge on any atom is -0.481 e.